The summed E-state index contributed by atoms with van der Waals surface area (Å²) in [6.45, 7) is 2.02. The van der Waals surface area contributed by atoms with Crippen LogP contribution in [0.4, 0.5) is 0 Å². The molecule has 106 valence electrons. The van der Waals surface area contributed by atoms with Gasteiger partial charge in [-0.3, -0.25) is 11.3 Å². The third-order valence-electron chi connectivity index (χ3n) is 3.27. The van der Waals surface area contributed by atoms with Gasteiger partial charge in [0, 0.05) is 5.02 Å². The summed E-state index contributed by atoms with van der Waals surface area (Å²) in [6, 6.07) is 11.3. The number of hydrazine groups is 1. The van der Waals surface area contributed by atoms with Gasteiger partial charge in [-0.2, -0.15) is 0 Å². The van der Waals surface area contributed by atoms with Gasteiger partial charge in [-0.1, -0.05) is 53.0 Å². The highest BCUT2D eigenvalue weighted by molar-refractivity contribution is 6.42. The monoisotopic (exact) mass is 328 g/mol. The van der Waals surface area contributed by atoms with Gasteiger partial charge in [0.15, 0.2) is 0 Å². The Morgan fingerprint density at radius 2 is 1.90 bits per heavy atom. The first kappa shape index (κ1) is 15.6. The zero-order valence-corrected chi connectivity index (χ0v) is 13.2. The molecule has 5 heteroatoms. The summed E-state index contributed by atoms with van der Waals surface area (Å²) in [6.07, 6.45) is 0.636. The lowest BCUT2D eigenvalue weighted by molar-refractivity contribution is 0.549. The second kappa shape index (κ2) is 6.79. The predicted molar refractivity (Wildman–Crippen MR) is 86.4 cm³/mol. The van der Waals surface area contributed by atoms with E-state index in [1.54, 1.807) is 6.07 Å². The van der Waals surface area contributed by atoms with Crippen molar-refractivity contribution < 1.29 is 0 Å². The number of nitrogens with one attached hydrogen (secondary N) is 1. The van der Waals surface area contributed by atoms with E-state index in [4.69, 9.17) is 40.6 Å². The van der Waals surface area contributed by atoms with Gasteiger partial charge in [-0.05, 0) is 48.2 Å². The molecule has 0 saturated heterocycles. The summed E-state index contributed by atoms with van der Waals surface area (Å²) in [5.41, 5.74) is 5.94. The second-order valence-corrected chi connectivity index (χ2v) is 5.86. The van der Waals surface area contributed by atoms with Gasteiger partial charge in [-0.25, -0.2) is 0 Å². The van der Waals surface area contributed by atoms with E-state index in [0.717, 1.165) is 16.7 Å². The molecule has 0 saturated carbocycles. The molecule has 1 unspecified atom stereocenters. The fourth-order valence-corrected chi connectivity index (χ4v) is 2.75. The number of benzene rings is 2. The molecule has 0 radical (unpaired) electrons. The normalized spacial score (nSPS) is 12.4. The van der Waals surface area contributed by atoms with Crippen LogP contribution in [0, 0.1) is 6.92 Å². The van der Waals surface area contributed by atoms with Gasteiger partial charge < -0.3 is 0 Å². The molecule has 0 spiro atoms. The minimum absolute atomic E-state index is 0.0790. The summed E-state index contributed by atoms with van der Waals surface area (Å²) in [4.78, 5) is 0. The van der Waals surface area contributed by atoms with Crippen molar-refractivity contribution in [2.45, 2.75) is 19.4 Å². The number of halogens is 3. The molecule has 0 heterocycles. The smallest absolute Gasteiger partial charge is 0.0624 e. The van der Waals surface area contributed by atoms with E-state index in [2.05, 4.69) is 5.43 Å². The largest absolute Gasteiger partial charge is 0.271 e. The Hall–Kier alpha value is -0.770. The average molecular weight is 330 g/mol. The molecule has 0 aliphatic rings. The van der Waals surface area contributed by atoms with Crippen molar-refractivity contribution in [3.63, 3.8) is 0 Å². The van der Waals surface area contributed by atoms with Crippen LogP contribution in [0.3, 0.4) is 0 Å². The summed E-state index contributed by atoms with van der Waals surface area (Å²) in [5.74, 6) is 5.69. The van der Waals surface area contributed by atoms with Crippen molar-refractivity contribution in [1.29, 1.82) is 0 Å². The maximum atomic E-state index is 6.23. The van der Waals surface area contributed by atoms with Crippen LogP contribution in [0.1, 0.15) is 22.7 Å². The zero-order valence-electron chi connectivity index (χ0n) is 11.0. The number of aryl methyl sites for hydroxylation is 1. The lowest BCUT2D eigenvalue weighted by Gasteiger charge is -2.20. The van der Waals surface area contributed by atoms with Crippen LogP contribution in [-0.2, 0) is 6.42 Å². The third kappa shape index (κ3) is 3.46. The standard InChI is InChI=1S/C15H15Cl3N2/c1-9-5-6-11(16)8-12(9)14(20-19)7-10-3-2-4-13(17)15(10)18/h2-6,8,14,20H,7,19H2,1H3. The Morgan fingerprint density at radius 1 is 1.15 bits per heavy atom. The van der Waals surface area contributed by atoms with E-state index >= 15 is 0 Å². The molecule has 20 heavy (non-hydrogen) atoms. The summed E-state index contributed by atoms with van der Waals surface area (Å²) < 4.78 is 0. The molecule has 2 aromatic rings. The van der Waals surface area contributed by atoms with Crippen molar-refractivity contribution in [1.82, 2.24) is 5.43 Å². The highest BCUT2D eigenvalue weighted by Crippen LogP contribution is 2.30. The van der Waals surface area contributed by atoms with Gasteiger partial charge in [0.05, 0.1) is 16.1 Å². The molecule has 2 aromatic carbocycles. The molecule has 3 N–H and O–H groups in total. The summed E-state index contributed by atoms with van der Waals surface area (Å²) >= 11 is 18.3. The third-order valence-corrected chi connectivity index (χ3v) is 4.37. The molecular weight excluding hydrogens is 315 g/mol. The van der Waals surface area contributed by atoms with Crippen molar-refractivity contribution in [2.24, 2.45) is 5.84 Å². The highest BCUT2D eigenvalue weighted by atomic mass is 35.5. The van der Waals surface area contributed by atoms with Crippen molar-refractivity contribution >= 4 is 34.8 Å². The van der Waals surface area contributed by atoms with E-state index < -0.39 is 0 Å². The van der Waals surface area contributed by atoms with E-state index in [1.807, 2.05) is 37.3 Å². The van der Waals surface area contributed by atoms with Crippen LogP contribution >= 0.6 is 34.8 Å². The number of rotatable bonds is 4. The van der Waals surface area contributed by atoms with Crippen LogP contribution in [0.5, 0.6) is 0 Å². The fraction of sp³-hybridized carbons (Fsp3) is 0.200. The number of nitrogens with two attached hydrogens (primary N) is 1. The lowest BCUT2D eigenvalue weighted by Crippen LogP contribution is -2.30. The Morgan fingerprint density at radius 3 is 2.60 bits per heavy atom. The average Bonchev–Trinajstić information content (AvgIpc) is 2.43. The number of hydrogen-bond donors (Lipinski definition) is 2. The van der Waals surface area contributed by atoms with Crippen LogP contribution < -0.4 is 11.3 Å². The van der Waals surface area contributed by atoms with Crippen LogP contribution in [0.25, 0.3) is 0 Å². The first-order chi connectivity index (χ1) is 9.52. The molecule has 0 aliphatic carbocycles. The first-order valence-electron chi connectivity index (χ1n) is 6.18. The molecule has 2 rings (SSSR count). The second-order valence-electron chi connectivity index (χ2n) is 4.64. The minimum atomic E-state index is -0.0790. The molecule has 0 fully saturated rings. The Kier molecular flexibility index (Phi) is 5.30. The summed E-state index contributed by atoms with van der Waals surface area (Å²) in [7, 11) is 0. The first-order valence-corrected chi connectivity index (χ1v) is 7.31. The molecule has 0 aliphatic heterocycles. The van der Waals surface area contributed by atoms with E-state index in [-0.39, 0.29) is 6.04 Å². The van der Waals surface area contributed by atoms with Crippen LogP contribution in [0.15, 0.2) is 36.4 Å². The van der Waals surface area contributed by atoms with Crippen molar-refractivity contribution in [2.75, 3.05) is 0 Å². The molecule has 1 atom stereocenters. The van der Waals surface area contributed by atoms with Gasteiger partial charge in [0.25, 0.3) is 0 Å². The zero-order chi connectivity index (χ0) is 14.7. The summed E-state index contributed by atoms with van der Waals surface area (Å²) in [5, 5.41) is 1.79. The molecule has 0 bridgehead atoms. The maximum absolute atomic E-state index is 6.23. The quantitative estimate of drug-likeness (QED) is 0.630. The molecular formula is C15H15Cl3N2. The van der Waals surface area contributed by atoms with Gasteiger partial charge >= 0.3 is 0 Å². The fourth-order valence-electron chi connectivity index (χ4n) is 2.17. The van der Waals surface area contributed by atoms with E-state index in [1.165, 1.54) is 0 Å². The van der Waals surface area contributed by atoms with Gasteiger partial charge in [0.2, 0.25) is 0 Å². The molecule has 0 amide bonds. The predicted octanol–water partition coefficient (Wildman–Crippen LogP) is 4.70. The number of hydrogen-bond acceptors (Lipinski definition) is 2. The molecule has 0 aromatic heterocycles. The maximum Gasteiger partial charge on any atom is 0.0624 e. The van der Waals surface area contributed by atoms with Crippen LogP contribution in [-0.4, -0.2) is 0 Å². The highest BCUT2D eigenvalue weighted by Gasteiger charge is 2.16. The Labute approximate surface area is 133 Å². The molecule has 2 nitrogen and oxygen atoms in total. The Balaban J connectivity index is 2.34. The topological polar surface area (TPSA) is 38.0 Å². The SMILES string of the molecule is Cc1ccc(Cl)cc1C(Cc1cccc(Cl)c1Cl)NN. The van der Waals surface area contributed by atoms with E-state index in [0.29, 0.717) is 21.5 Å². The van der Waals surface area contributed by atoms with Crippen LogP contribution in [0.2, 0.25) is 15.1 Å². The minimum Gasteiger partial charge on any atom is -0.271 e. The lowest BCUT2D eigenvalue weighted by atomic mass is 9.96. The van der Waals surface area contributed by atoms with Gasteiger partial charge in [0.1, 0.15) is 0 Å². The van der Waals surface area contributed by atoms with Crippen molar-refractivity contribution in [3.8, 4) is 0 Å². The van der Waals surface area contributed by atoms with Crippen molar-refractivity contribution in [3.05, 3.63) is 68.2 Å². The Bertz CT molecular complexity index is 614. The van der Waals surface area contributed by atoms with E-state index in [9.17, 15) is 0 Å². The van der Waals surface area contributed by atoms with Gasteiger partial charge in [-0.15, -0.1) is 0 Å².